The normalized spacial score (nSPS) is 21.7. The average molecular weight is 414 g/mol. The number of carbonyl (C=O) groups is 1. The van der Waals surface area contributed by atoms with E-state index in [9.17, 15) is 9.59 Å². The van der Waals surface area contributed by atoms with Gasteiger partial charge in [-0.1, -0.05) is 30.3 Å². The molecule has 3 heterocycles. The Hall–Kier alpha value is -2.67. The number of Topliss-reactive ketones (excluding diaryl/α,β-unsaturated/α-hetero) is 1. The third-order valence-electron chi connectivity index (χ3n) is 5.49. The van der Waals surface area contributed by atoms with Gasteiger partial charge in [0.1, 0.15) is 0 Å². The molecule has 0 amide bonds. The van der Waals surface area contributed by atoms with Crippen LogP contribution in [0.15, 0.2) is 39.6 Å². The van der Waals surface area contributed by atoms with E-state index in [0.717, 1.165) is 23.9 Å². The summed E-state index contributed by atoms with van der Waals surface area (Å²) >= 11 is 0. The fraction of sp³-hybridized carbons (Fsp3) is 0.522. The van der Waals surface area contributed by atoms with Crippen LogP contribution in [0, 0.1) is 5.92 Å². The number of hydrogen-bond acceptors (Lipinski definition) is 5. The molecule has 2 atom stereocenters. The number of para-hydroxylation sites is 1. The lowest BCUT2D eigenvalue weighted by molar-refractivity contribution is -0.0511. The lowest BCUT2D eigenvalue weighted by Gasteiger charge is -2.29. The second-order valence-electron chi connectivity index (χ2n) is 8.69. The molecule has 2 unspecified atom stereocenters. The van der Waals surface area contributed by atoms with Crippen LogP contribution in [0.5, 0.6) is 0 Å². The number of rotatable bonds is 2. The molecule has 0 radical (unpaired) electrons. The molecule has 1 aliphatic carbocycles. The van der Waals surface area contributed by atoms with Gasteiger partial charge in [-0.15, -0.1) is 0 Å². The Kier molecular flexibility index (Phi) is 6.92. The molecule has 7 heteroatoms. The Morgan fingerprint density at radius 3 is 2.40 bits per heavy atom. The zero-order valence-corrected chi connectivity index (χ0v) is 18.2. The van der Waals surface area contributed by atoms with Crippen molar-refractivity contribution in [2.24, 2.45) is 5.92 Å². The summed E-state index contributed by atoms with van der Waals surface area (Å²) in [6.07, 6.45) is 4.94. The summed E-state index contributed by atoms with van der Waals surface area (Å²) in [7, 11) is 0. The Labute approximate surface area is 176 Å². The van der Waals surface area contributed by atoms with Gasteiger partial charge in [-0.05, 0) is 57.6 Å². The average Bonchev–Trinajstić information content (AvgIpc) is 3.09. The lowest BCUT2D eigenvalue weighted by atomic mass is 9.99. The van der Waals surface area contributed by atoms with Crippen LogP contribution >= 0.6 is 0 Å². The molecule has 2 aromatic heterocycles. The van der Waals surface area contributed by atoms with Crippen molar-refractivity contribution in [2.45, 2.75) is 64.9 Å². The summed E-state index contributed by atoms with van der Waals surface area (Å²) in [5, 5.41) is 4.67. The fourth-order valence-corrected chi connectivity index (χ4v) is 3.44. The van der Waals surface area contributed by atoms with Gasteiger partial charge in [0, 0.05) is 30.4 Å². The van der Waals surface area contributed by atoms with E-state index in [1.165, 1.54) is 19.3 Å². The van der Waals surface area contributed by atoms with E-state index < -0.39 is 5.76 Å². The smallest absolute Gasteiger partial charge is 0.376 e. The molecule has 2 fully saturated rings. The molecule has 162 valence electrons. The first-order valence-electron chi connectivity index (χ1n) is 10.5. The zero-order valence-electron chi connectivity index (χ0n) is 18.2. The van der Waals surface area contributed by atoms with Crippen molar-refractivity contribution in [3.63, 3.8) is 0 Å². The van der Waals surface area contributed by atoms with Crippen molar-refractivity contribution in [1.82, 2.24) is 15.1 Å². The maximum atomic E-state index is 11.0. The minimum absolute atomic E-state index is 0.0752. The number of ether oxygens (including phenoxy) is 1. The first kappa shape index (κ1) is 22.0. The van der Waals surface area contributed by atoms with E-state index >= 15 is 0 Å². The van der Waals surface area contributed by atoms with Gasteiger partial charge in [-0.3, -0.25) is 14.3 Å². The lowest BCUT2D eigenvalue weighted by Crippen LogP contribution is -2.28. The molecule has 1 aromatic carbocycles. The molecule has 0 bridgehead atoms. The van der Waals surface area contributed by atoms with E-state index in [-0.39, 0.29) is 11.4 Å². The first-order chi connectivity index (χ1) is 14.2. The SMILES string of the molecule is CC(=O)c1cc2ccccc2[nH]1.CC1(C)CCCCO1.CC1CC1c1noc(=O)[nH]1. The molecule has 5 rings (SSSR count). The monoisotopic (exact) mass is 413 g/mol. The van der Waals surface area contributed by atoms with E-state index in [1.54, 1.807) is 6.92 Å². The second-order valence-corrected chi connectivity index (χ2v) is 8.69. The van der Waals surface area contributed by atoms with Crippen LogP contribution in [-0.2, 0) is 4.74 Å². The van der Waals surface area contributed by atoms with Gasteiger partial charge in [-0.2, -0.15) is 0 Å². The molecular weight excluding hydrogens is 382 g/mol. The van der Waals surface area contributed by atoms with Gasteiger partial charge in [0.15, 0.2) is 11.6 Å². The van der Waals surface area contributed by atoms with Crippen LogP contribution in [0.25, 0.3) is 10.9 Å². The van der Waals surface area contributed by atoms with E-state index in [4.69, 9.17) is 4.74 Å². The second kappa shape index (κ2) is 9.43. The van der Waals surface area contributed by atoms with Crippen LogP contribution in [0.2, 0.25) is 0 Å². The van der Waals surface area contributed by atoms with Gasteiger partial charge >= 0.3 is 5.76 Å². The van der Waals surface area contributed by atoms with Gasteiger partial charge in [0.2, 0.25) is 0 Å². The Balaban J connectivity index is 0.000000131. The molecule has 0 spiro atoms. The molecule has 1 aliphatic heterocycles. The van der Waals surface area contributed by atoms with Crippen molar-refractivity contribution >= 4 is 16.7 Å². The van der Waals surface area contributed by atoms with E-state index in [2.05, 4.69) is 40.4 Å². The van der Waals surface area contributed by atoms with Crippen LogP contribution in [0.4, 0.5) is 0 Å². The number of aromatic nitrogens is 3. The third kappa shape index (κ3) is 6.16. The predicted octanol–water partition coefficient (Wildman–Crippen LogP) is 4.82. The number of carbonyl (C=O) groups excluding carboxylic acids is 1. The molecule has 2 N–H and O–H groups in total. The highest BCUT2D eigenvalue weighted by molar-refractivity contribution is 5.97. The Bertz CT molecular complexity index is 989. The van der Waals surface area contributed by atoms with Crippen LogP contribution in [0.3, 0.4) is 0 Å². The maximum absolute atomic E-state index is 11.0. The highest BCUT2D eigenvalue weighted by Gasteiger charge is 2.37. The van der Waals surface area contributed by atoms with Crippen LogP contribution in [-0.4, -0.2) is 33.1 Å². The first-order valence-corrected chi connectivity index (χ1v) is 10.5. The van der Waals surface area contributed by atoms with Gasteiger partial charge in [0.05, 0.1) is 11.3 Å². The molecule has 1 saturated heterocycles. The minimum atomic E-state index is -0.450. The molecule has 2 aliphatic rings. The molecular formula is C23H31N3O4. The Morgan fingerprint density at radius 2 is 1.93 bits per heavy atom. The summed E-state index contributed by atoms with van der Waals surface area (Å²) < 4.78 is 9.82. The number of fused-ring (bicyclic) bond motifs is 1. The number of nitrogens with zero attached hydrogens (tertiary/aromatic N) is 1. The van der Waals surface area contributed by atoms with Crippen molar-refractivity contribution in [3.8, 4) is 0 Å². The minimum Gasteiger partial charge on any atom is -0.376 e. The van der Waals surface area contributed by atoms with Crippen molar-refractivity contribution < 1.29 is 14.1 Å². The summed E-state index contributed by atoms with van der Waals surface area (Å²) in [4.78, 5) is 27.0. The number of aromatic amines is 2. The van der Waals surface area contributed by atoms with Gasteiger partial charge in [0.25, 0.3) is 0 Å². The number of nitrogens with one attached hydrogen (secondary N) is 2. The Morgan fingerprint density at radius 1 is 1.20 bits per heavy atom. The molecule has 30 heavy (non-hydrogen) atoms. The number of hydrogen-bond donors (Lipinski definition) is 2. The quantitative estimate of drug-likeness (QED) is 0.587. The van der Waals surface area contributed by atoms with Gasteiger partial charge in [-0.25, -0.2) is 4.79 Å². The summed E-state index contributed by atoms with van der Waals surface area (Å²) in [5.41, 5.74) is 1.87. The van der Waals surface area contributed by atoms with Crippen molar-refractivity contribution in [2.75, 3.05) is 6.61 Å². The topological polar surface area (TPSA) is 101 Å². The van der Waals surface area contributed by atoms with Gasteiger partial charge < -0.3 is 9.72 Å². The zero-order chi connectivity index (χ0) is 21.7. The molecule has 3 aromatic rings. The van der Waals surface area contributed by atoms with Crippen LogP contribution in [0.1, 0.15) is 75.6 Å². The number of H-pyrrole nitrogens is 2. The number of benzene rings is 1. The van der Waals surface area contributed by atoms with E-state index in [1.807, 2.05) is 30.3 Å². The van der Waals surface area contributed by atoms with E-state index in [0.29, 0.717) is 23.4 Å². The van der Waals surface area contributed by atoms with Crippen LogP contribution < -0.4 is 5.76 Å². The molecule has 1 saturated carbocycles. The standard InChI is InChI=1S/C10H9NO.C7H14O.C6H8N2O2/c1-7(12)10-6-8-4-2-3-5-9(8)11-10;1-7(2)5-3-4-6-8-7;1-3-2-4(3)5-7-6(9)10-8-5/h2-6,11H,1H3;3-6H2,1-2H3;3-4H,2H2,1H3,(H,7,8,9). The largest absolute Gasteiger partial charge is 0.438 e. The number of ketones is 1. The maximum Gasteiger partial charge on any atom is 0.438 e. The highest BCUT2D eigenvalue weighted by atomic mass is 16.5. The summed E-state index contributed by atoms with van der Waals surface area (Å²) in [5.74, 6) is 1.42. The third-order valence-corrected chi connectivity index (χ3v) is 5.49. The van der Waals surface area contributed by atoms with Crippen molar-refractivity contribution in [3.05, 3.63) is 52.4 Å². The highest BCUT2D eigenvalue weighted by Crippen LogP contribution is 2.44. The predicted molar refractivity (Wildman–Crippen MR) is 116 cm³/mol. The fourth-order valence-electron chi connectivity index (χ4n) is 3.44. The summed E-state index contributed by atoms with van der Waals surface area (Å²) in [6, 6.07) is 9.72. The molecule has 7 nitrogen and oxygen atoms in total. The van der Waals surface area contributed by atoms with Crippen molar-refractivity contribution in [1.29, 1.82) is 0 Å². The summed E-state index contributed by atoms with van der Waals surface area (Å²) in [6.45, 7) is 8.97.